The summed E-state index contributed by atoms with van der Waals surface area (Å²) in [5, 5.41) is 16.1. The van der Waals surface area contributed by atoms with Crippen molar-refractivity contribution in [3.05, 3.63) is 49.8 Å². The first-order valence-electron chi connectivity index (χ1n) is 7.90. The topological polar surface area (TPSA) is 64.9 Å². The molecule has 0 spiro atoms. The average molecular weight is 390 g/mol. The van der Waals surface area contributed by atoms with Gasteiger partial charge >= 0.3 is 6.03 Å². The van der Waals surface area contributed by atoms with Crippen molar-refractivity contribution in [2.24, 2.45) is 5.92 Å². The molecule has 1 aliphatic carbocycles. The fourth-order valence-electron chi connectivity index (χ4n) is 2.98. The van der Waals surface area contributed by atoms with Crippen molar-refractivity contribution in [3.63, 3.8) is 0 Å². The first kappa shape index (κ1) is 17.9. The summed E-state index contributed by atoms with van der Waals surface area (Å²) in [5.74, 6) is 0.567. The SMILES string of the molecule is CC1CCc2c(C#N)c(NC(=O)Nc3cccc(Cl)c3)sc(=S)c2C1. The molecule has 0 radical (unpaired) electrons. The van der Waals surface area contributed by atoms with Crippen LogP contribution in [0.5, 0.6) is 0 Å². The van der Waals surface area contributed by atoms with Crippen LogP contribution in [0.1, 0.15) is 30.0 Å². The summed E-state index contributed by atoms with van der Waals surface area (Å²) in [6.07, 6.45) is 2.74. The van der Waals surface area contributed by atoms with Crippen LogP contribution in [0, 0.1) is 21.1 Å². The number of urea groups is 1. The van der Waals surface area contributed by atoms with E-state index < -0.39 is 6.03 Å². The van der Waals surface area contributed by atoms with Crippen LogP contribution < -0.4 is 10.6 Å². The molecule has 1 atom stereocenters. The van der Waals surface area contributed by atoms with Crippen molar-refractivity contribution in [1.29, 1.82) is 5.26 Å². The second-order valence-electron chi connectivity index (χ2n) is 6.10. The number of nitrogens with one attached hydrogen (secondary N) is 2. The molecule has 1 aromatic carbocycles. The lowest BCUT2D eigenvalue weighted by Gasteiger charge is -2.23. The fraction of sp³-hybridized carbons (Fsp3) is 0.278. The van der Waals surface area contributed by atoms with Gasteiger partial charge in [-0.05, 0) is 54.5 Å². The standard InChI is InChI=1S/C18H16ClN3OS2/c1-10-5-6-13-14(7-10)17(24)25-16(15(13)9-20)22-18(23)21-12-4-2-3-11(19)8-12/h2-4,8,10H,5-7H2,1H3,(H2,21,22,23). The number of benzene rings is 1. The lowest BCUT2D eigenvalue weighted by atomic mass is 9.85. The number of carbonyl (C=O) groups excluding carboxylic acids is 1. The van der Waals surface area contributed by atoms with E-state index in [1.54, 1.807) is 24.3 Å². The molecule has 1 aromatic heterocycles. The van der Waals surface area contributed by atoms with Crippen LogP contribution in [0.15, 0.2) is 24.3 Å². The third kappa shape index (κ3) is 4.01. The summed E-state index contributed by atoms with van der Waals surface area (Å²) >= 11 is 12.7. The maximum Gasteiger partial charge on any atom is 0.324 e. The second kappa shape index (κ2) is 7.52. The van der Waals surface area contributed by atoms with Gasteiger partial charge in [0.05, 0.1) is 9.39 Å². The third-order valence-corrected chi connectivity index (χ3v) is 5.87. The Labute approximate surface area is 160 Å². The van der Waals surface area contributed by atoms with Crippen LogP contribution >= 0.6 is 35.2 Å². The highest BCUT2D eigenvalue weighted by atomic mass is 35.5. The van der Waals surface area contributed by atoms with E-state index in [0.29, 0.717) is 27.2 Å². The van der Waals surface area contributed by atoms with Gasteiger partial charge in [-0.25, -0.2) is 4.79 Å². The van der Waals surface area contributed by atoms with E-state index in [-0.39, 0.29) is 0 Å². The number of halogens is 1. The maximum atomic E-state index is 12.3. The number of carbonyl (C=O) groups is 1. The molecule has 0 bridgehead atoms. The number of rotatable bonds is 2. The minimum Gasteiger partial charge on any atom is -0.308 e. The Morgan fingerprint density at radius 3 is 2.92 bits per heavy atom. The summed E-state index contributed by atoms with van der Waals surface area (Å²) in [4.78, 5) is 12.3. The van der Waals surface area contributed by atoms with E-state index in [9.17, 15) is 10.1 Å². The average Bonchev–Trinajstić information content (AvgIpc) is 2.55. The molecule has 0 saturated carbocycles. The van der Waals surface area contributed by atoms with E-state index in [1.165, 1.54) is 11.3 Å². The number of amides is 2. The third-order valence-electron chi connectivity index (χ3n) is 4.20. The molecule has 2 amide bonds. The van der Waals surface area contributed by atoms with Gasteiger partial charge in [-0.3, -0.25) is 5.32 Å². The molecule has 1 heterocycles. The lowest BCUT2D eigenvalue weighted by Crippen LogP contribution is -2.21. The molecule has 1 aliphatic rings. The van der Waals surface area contributed by atoms with Gasteiger partial charge in [0.2, 0.25) is 0 Å². The zero-order valence-electron chi connectivity index (χ0n) is 13.6. The number of hydrogen-bond donors (Lipinski definition) is 2. The number of nitriles is 1. The van der Waals surface area contributed by atoms with Gasteiger partial charge in [-0.2, -0.15) is 5.26 Å². The van der Waals surface area contributed by atoms with Crippen LogP contribution in [0.4, 0.5) is 15.5 Å². The highest BCUT2D eigenvalue weighted by Gasteiger charge is 2.23. The van der Waals surface area contributed by atoms with Crippen molar-refractivity contribution in [1.82, 2.24) is 0 Å². The summed E-state index contributed by atoms with van der Waals surface area (Å²) in [6.45, 7) is 2.19. The first-order valence-corrected chi connectivity index (χ1v) is 9.50. The van der Waals surface area contributed by atoms with Crippen molar-refractivity contribution in [2.45, 2.75) is 26.2 Å². The summed E-state index contributed by atoms with van der Waals surface area (Å²) < 4.78 is 0.749. The Kier molecular flexibility index (Phi) is 5.38. The van der Waals surface area contributed by atoms with Crippen LogP contribution in [-0.2, 0) is 12.8 Å². The monoisotopic (exact) mass is 389 g/mol. The van der Waals surface area contributed by atoms with Crippen LogP contribution in [0.25, 0.3) is 0 Å². The van der Waals surface area contributed by atoms with Gasteiger partial charge in [-0.15, -0.1) is 11.3 Å². The quantitative estimate of drug-likeness (QED) is 0.640. The Bertz CT molecular complexity index is 933. The van der Waals surface area contributed by atoms with E-state index >= 15 is 0 Å². The van der Waals surface area contributed by atoms with Crippen LogP contribution in [0.2, 0.25) is 5.02 Å². The maximum absolute atomic E-state index is 12.3. The highest BCUT2D eigenvalue weighted by Crippen LogP contribution is 2.36. The Morgan fingerprint density at radius 2 is 2.20 bits per heavy atom. The van der Waals surface area contributed by atoms with Gasteiger partial charge in [-0.1, -0.05) is 36.8 Å². The Hall–Kier alpha value is -1.94. The summed E-state index contributed by atoms with van der Waals surface area (Å²) in [5.41, 5.74) is 3.19. The van der Waals surface area contributed by atoms with Crippen LogP contribution in [0.3, 0.4) is 0 Å². The van der Waals surface area contributed by atoms with Gasteiger partial charge < -0.3 is 5.32 Å². The van der Waals surface area contributed by atoms with E-state index in [1.807, 2.05) is 0 Å². The molecule has 0 fully saturated rings. The van der Waals surface area contributed by atoms with E-state index in [2.05, 4.69) is 23.6 Å². The minimum absolute atomic E-state index is 0.423. The molecule has 0 aliphatic heterocycles. The fourth-order valence-corrected chi connectivity index (χ4v) is 4.55. The molecule has 4 nitrogen and oxygen atoms in total. The van der Waals surface area contributed by atoms with Gasteiger partial charge in [0.1, 0.15) is 11.1 Å². The van der Waals surface area contributed by atoms with Gasteiger partial charge in [0.15, 0.2) is 0 Å². The van der Waals surface area contributed by atoms with Crippen molar-refractivity contribution in [3.8, 4) is 6.07 Å². The summed E-state index contributed by atoms with van der Waals surface area (Å²) in [6, 6.07) is 8.70. The zero-order chi connectivity index (χ0) is 18.0. The smallest absolute Gasteiger partial charge is 0.308 e. The van der Waals surface area contributed by atoms with Crippen molar-refractivity contribution < 1.29 is 4.79 Å². The van der Waals surface area contributed by atoms with Crippen LogP contribution in [-0.4, -0.2) is 6.03 Å². The van der Waals surface area contributed by atoms with Gasteiger partial charge in [0.25, 0.3) is 0 Å². The van der Waals surface area contributed by atoms with Crippen molar-refractivity contribution >= 4 is 51.9 Å². The van der Waals surface area contributed by atoms with E-state index in [0.717, 1.165) is 34.2 Å². The molecule has 0 saturated heterocycles. The molecule has 1 unspecified atom stereocenters. The number of nitrogens with zero attached hydrogens (tertiary/aromatic N) is 1. The van der Waals surface area contributed by atoms with E-state index in [4.69, 9.17) is 23.8 Å². The highest BCUT2D eigenvalue weighted by molar-refractivity contribution is 7.73. The molecule has 128 valence electrons. The predicted molar refractivity (Wildman–Crippen MR) is 105 cm³/mol. The van der Waals surface area contributed by atoms with Crippen molar-refractivity contribution in [2.75, 3.05) is 10.6 Å². The summed E-state index contributed by atoms with van der Waals surface area (Å²) in [7, 11) is 0. The zero-order valence-corrected chi connectivity index (χ0v) is 15.9. The number of fused-ring (bicyclic) bond motifs is 1. The van der Waals surface area contributed by atoms with Gasteiger partial charge in [0, 0.05) is 10.7 Å². The second-order valence-corrected chi connectivity index (χ2v) is 8.22. The molecular formula is C18H16ClN3OS2. The molecular weight excluding hydrogens is 374 g/mol. The lowest BCUT2D eigenvalue weighted by molar-refractivity contribution is 0.262. The minimum atomic E-state index is -0.423. The molecule has 25 heavy (non-hydrogen) atoms. The Balaban J connectivity index is 1.88. The largest absolute Gasteiger partial charge is 0.324 e. The normalized spacial score (nSPS) is 15.8. The number of hydrogen-bond acceptors (Lipinski definition) is 4. The molecule has 2 aromatic rings. The molecule has 2 N–H and O–H groups in total. The predicted octanol–water partition coefficient (Wildman–Crippen LogP) is 5.77. The number of anilines is 2. The Morgan fingerprint density at radius 1 is 1.40 bits per heavy atom. The first-order chi connectivity index (χ1) is 12.0. The molecule has 7 heteroatoms. The molecule has 3 rings (SSSR count).